The van der Waals surface area contributed by atoms with Crippen LogP contribution in [0.15, 0.2) is 35.8 Å². The van der Waals surface area contributed by atoms with Gasteiger partial charge in [-0.1, -0.05) is 11.6 Å². The second-order valence-corrected chi connectivity index (χ2v) is 4.80. The first kappa shape index (κ1) is 13.5. The van der Waals surface area contributed by atoms with Crippen molar-refractivity contribution in [2.75, 3.05) is 11.9 Å². The maximum atomic E-state index is 11.6. The molecule has 0 saturated heterocycles. The number of esters is 1. The van der Waals surface area contributed by atoms with Crippen molar-refractivity contribution in [3.05, 3.63) is 46.4 Å². The summed E-state index contributed by atoms with van der Waals surface area (Å²) >= 11 is 6.99. The van der Waals surface area contributed by atoms with Gasteiger partial charge in [0.15, 0.2) is 11.7 Å². The molecule has 0 unspecified atom stereocenters. The molecule has 1 aromatic carbocycles. The van der Waals surface area contributed by atoms with E-state index in [1.165, 1.54) is 23.5 Å². The fourth-order valence-corrected chi connectivity index (χ4v) is 1.91. The largest absolute Gasteiger partial charge is 0.452 e. The van der Waals surface area contributed by atoms with Gasteiger partial charge in [-0.3, -0.25) is 10.1 Å². The summed E-state index contributed by atoms with van der Waals surface area (Å²) in [5.74, 6) is -1.01. The number of anilines is 1. The molecule has 0 fully saturated rings. The molecule has 0 bridgehead atoms. The molecule has 7 heteroatoms. The van der Waals surface area contributed by atoms with E-state index < -0.39 is 11.9 Å². The summed E-state index contributed by atoms with van der Waals surface area (Å²) in [5.41, 5.74) is 0.339. The van der Waals surface area contributed by atoms with Gasteiger partial charge in [-0.05, 0) is 24.3 Å². The SMILES string of the molecule is O=C(COC(=O)c1ccc(Cl)cc1)Nc1nccs1. The smallest absolute Gasteiger partial charge is 0.338 e. The summed E-state index contributed by atoms with van der Waals surface area (Å²) in [6, 6.07) is 6.22. The fraction of sp³-hybridized carbons (Fsp3) is 0.0833. The van der Waals surface area contributed by atoms with Gasteiger partial charge >= 0.3 is 5.97 Å². The van der Waals surface area contributed by atoms with Crippen LogP contribution in [-0.2, 0) is 9.53 Å². The molecule has 1 aromatic heterocycles. The van der Waals surface area contributed by atoms with E-state index in [1.54, 1.807) is 23.7 Å². The Kier molecular flexibility index (Phi) is 4.48. The lowest BCUT2D eigenvalue weighted by atomic mass is 10.2. The molecule has 19 heavy (non-hydrogen) atoms. The molecule has 0 aliphatic carbocycles. The number of hydrogen-bond donors (Lipinski definition) is 1. The average molecular weight is 297 g/mol. The molecule has 0 aliphatic heterocycles. The highest BCUT2D eigenvalue weighted by atomic mass is 35.5. The Morgan fingerprint density at radius 2 is 2.05 bits per heavy atom. The molecule has 1 N–H and O–H groups in total. The van der Waals surface area contributed by atoms with Crippen LogP contribution in [0.3, 0.4) is 0 Å². The van der Waals surface area contributed by atoms with Crippen LogP contribution >= 0.6 is 22.9 Å². The number of carbonyl (C=O) groups is 2. The number of amides is 1. The fourth-order valence-electron chi connectivity index (χ4n) is 1.24. The summed E-state index contributed by atoms with van der Waals surface area (Å²) in [6.45, 7) is -0.360. The Morgan fingerprint density at radius 1 is 1.32 bits per heavy atom. The van der Waals surface area contributed by atoms with Crippen molar-refractivity contribution in [2.45, 2.75) is 0 Å². The van der Waals surface area contributed by atoms with Crippen molar-refractivity contribution in [1.29, 1.82) is 0 Å². The topological polar surface area (TPSA) is 68.3 Å². The van der Waals surface area contributed by atoms with Crippen LogP contribution in [0.2, 0.25) is 5.02 Å². The van der Waals surface area contributed by atoms with Crippen LogP contribution in [0.5, 0.6) is 0 Å². The standard InChI is InChI=1S/C12H9ClN2O3S/c13-9-3-1-8(2-4-9)11(17)18-7-10(16)15-12-14-5-6-19-12/h1-6H,7H2,(H,14,15,16). The minimum atomic E-state index is -0.578. The lowest BCUT2D eigenvalue weighted by Crippen LogP contribution is -2.20. The van der Waals surface area contributed by atoms with Gasteiger partial charge in [0.2, 0.25) is 0 Å². The number of ether oxygens (including phenoxy) is 1. The van der Waals surface area contributed by atoms with E-state index in [-0.39, 0.29) is 6.61 Å². The van der Waals surface area contributed by atoms with Crippen LogP contribution in [0.1, 0.15) is 10.4 Å². The summed E-state index contributed by atoms with van der Waals surface area (Å²) in [7, 11) is 0. The Labute approximate surface area is 118 Å². The first-order chi connectivity index (χ1) is 9.15. The van der Waals surface area contributed by atoms with E-state index in [4.69, 9.17) is 16.3 Å². The number of benzene rings is 1. The zero-order valence-electron chi connectivity index (χ0n) is 9.63. The van der Waals surface area contributed by atoms with Crippen molar-refractivity contribution in [3.63, 3.8) is 0 Å². The van der Waals surface area contributed by atoms with E-state index in [0.29, 0.717) is 15.7 Å². The Hall–Kier alpha value is -1.92. The average Bonchev–Trinajstić information content (AvgIpc) is 2.89. The van der Waals surface area contributed by atoms with Crippen molar-refractivity contribution < 1.29 is 14.3 Å². The van der Waals surface area contributed by atoms with Crippen LogP contribution in [0, 0.1) is 0 Å². The summed E-state index contributed by atoms with van der Waals surface area (Å²) < 4.78 is 4.86. The minimum absolute atomic E-state index is 0.339. The Balaban J connectivity index is 1.83. The highest BCUT2D eigenvalue weighted by molar-refractivity contribution is 7.13. The number of carbonyl (C=O) groups excluding carboxylic acids is 2. The summed E-state index contributed by atoms with van der Waals surface area (Å²) in [4.78, 5) is 26.9. The zero-order chi connectivity index (χ0) is 13.7. The number of nitrogens with one attached hydrogen (secondary N) is 1. The van der Waals surface area contributed by atoms with Gasteiger partial charge in [0.1, 0.15) is 0 Å². The first-order valence-corrected chi connectivity index (χ1v) is 6.53. The molecule has 0 radical (unpaired) electrons. The third-order valence-electron chi connectivity index (χ3n) is 2.09. The van der Waals surface area contributed by atoms with Crippen molar-refractivity contribution in [2.24, 2.45) is 0 Å². The molecule has 98 valence electrons. The molecule has 2 rings (SSSR count). The molecule has 0 spiro atoms. The van der Waals surface area contributed by atoms with Crippen LogP contribution in [0.4, 0.5) is 5.13 Å². The van der Waals surface area contributed by atoms with E-state index in [1.807, 2.05) is 0 Å². The lowest BCUT2D eigenvalue weighted by molar-refractivity contribution is -0.119. The summed E-state index contributed by atoms with van der Waals surface area (Å²) in [5, 5.41) is 5.23. The molecule has 0 atom stereocenters. The second kappa shape index (κ2) is 6.31. The van der Waals surface area contributed by atoms with Crippen LogP contribution in [0.25, 0.3) is 0 Å². The van der Waals surface area contributed by atoms with Crippen LogP contribution in [-0.4, -0.2) is 23.5 Å². The van der Waals surface area contributed by atoms with Crippen molar-refractivity contribution >= 4 is 39.9 Å². The molecule has 1 heterocycles. The molecule has 0 aliphatic rings. The zero-order valence-corrected chi connectivity index (χ0v) is 11.2. The molecule has 5 nitrogen and oxygen atoms in total. The third-order valence-corrected chi connectivity index (χ3v) is 3.03. The third kappa shape index (κ3) is 4.04. The second-order valence-electron chi connectivity index (χ2n) is 3.47. The Morgan fingerprint density at radius 3 is 2.68 bits per heavy atom. The van der Waals surface area contributed by atoms with Crippen molar-refractivity contribution in [3.8, 4) is 0 Å². The monoisotopic (exact) mass is 296 g/mol. The molecule has 2 aromatic rings. The highest BCUT2D eigenvalue weighted by Crippen LogP contribution is 2.11. The van der Waals surface area contributed by atoms with Crippen molar-refractivity contribution in [1.82, 2.24) is 4.98 Å². The predicted octanol–water partition coefficient (Wildman–Crippen LogP) is 2.59. The molecular weight excluding hydrogens is 288 g/mol. The maximum absolute atomic E-state index is 11.6. The van der Waals surface area contributed by atoms with E-state index >= 15 is 0 Å². The number of hydrogen-bond acceptors (Lipinski definition) is 5. The first-order valence-electron chi connectivity index (χ1n) is 5.27. The van der Waals surface area contributed by atoms with E-state index in [0.717, 1.165) is 0 Å². The number of thiazole rings is 1. The maximum Gasteiger partial charge on any atom is 0.338 e. The lowest BCUT2D eigenvalue weighted by Gasteiger charge is -2.04. The minimum Gasteiger partial charge on any atom is -0.452 e. The normalized spacial score (nSPS) is 9.95. The number of nitrogens with zero attached hydrogens (tertiary/aromatic N) is 1. The van der Waals surface area contributed by atoms with Gasteiger partial charge in [0.05, 0.1) is 5.56 Å². The summed E-state index contributed by atoms with van der Waals surface area (Å²) in [6.07, 6.45) is 1.57. The van der Waals surface area contributed by atoms with E-state index in [2.05, 4.69) is 10.3 Å². The highest BCUT2D eigenvalue weighted by Gasteiger charge is 2.10. The number of aromatic nitrogens is 1. The molecular formula is C12H9ClN2O3S. The van der Waals surface area contributed by atoms with Gasteiger partial charge in [-0.15, -0.1) is 11.3 Å². The van der Waals surface area contributed by atoms with Gasteiger partial charge in [0, 0.05) is 16.6 Å². The van der Waals surface area contributed by atoms with Gasteiger partial charge < -0.3 is 4.74 Å². The van der Waals surface area contributed by atoms with Gasteiger partial charge in [-0.25, -0.2) is 9.78 Å². The quantitative estimate of drug-likeness (QED) is 0.881. The molecule has 1 amide bonds. The van der Waals surface area contributed by atoms with E-state index in [9.17, 15) is 9.59 Å². The van der Waals surface area contributed by atoms with Gasteiger partial charge in [-0.2, -0.15) is 0 Å². The predicted molar refractivity (Wildman–Crippen MR) is 72.5 cm³/mol. The molecule has 0 saturated carbocycles. The Bertz CT molecular complexity index is 569. The number of halogens is 1. The number of rotatable bonds is 4. The van der Waals surface area contributed by atoms with Gasteiger partial charge in [0.25, 0.3) is 5.91 Å². The van der Waals surface area contributed by atoms with Crippen LogP contribution < -0.4 is 5.32 Å².